The Morgan fingerprint density at radius 3 is 1.33 bits per heavy atom. The summed E-state index contributed by atoms with van der Waals surface area (Å²) in [6, 6.07) is 48.9. The fourth-order valence-corrected chi connectivity index (χ4v) is 5.87. The lowest BCUT2D eigenvalue weighted by atomic mass is 9.92. The number of carbonyl (C=O) groups excluding carboxylic acids is 1. The zero-order valence-electron chi connectivity index (χ0n) is 27.4. The molecule has 7 nitrogen and oxygen atoms in total. The second-order valence-electron chi connectivity index (χ2n) is 12.0. The number of rotatable bonds is 16. The number of para-hydroxylation sites is 1. The van der Waals surface area contributed by atoms with Crippen LogP contribution in [0.25, 0.3) is 0 Å². The van der Waals surface area contributed by atoms with Gasteiger partial charge in [0.1, 0.15) is 30.2 Å². The Hall–Kier alpha value is -4.63. The van der Waals surface area contributed by atoms with Crippen LogP contribution < -0.4 is 4.74 Å². The van der Waals surface area contributed by atoms with Gasteiger partial charge in [0.15, 0.2) is 0 Å². The molecular formula is C42H42O7. The maximum atomic E-state index is 13.4. The summed E-state index contributed by atoms with van der Waals surface area (Å²) in [7, 11) is 0. The van der Waals surface area contributed by atoms with E-state index in [1.165, 1.54) is 0 Å². The molecule has 6 rings (SSSR count). The molecule has 252 valence electrons. The Bertz CT molecular complexity index is 1650. The standard InChI is InChI=1S/C42H42O7/c43-39(48-36-24-14-5-15-25-36)26-37-40(45-28-33-18-8-2-9-19-33)42(47-30-35-22-12-4-13-23-35)41(46-29-34-20-10-3-11-21-34)38(49-37)31-44-27-32-16-6-1-7-17-32/h1-25,37-38,40-42H,26-31H2/t37-,38?,40?,41+,42+/m0/s1. The molecule has 0 amide bonds. The first-order chi connectivity index (χ1) is 24.2. The number of benzene rings is 5. The van der Waals surface area contributed by atoms with Gasteiger partial charge in [0.25, 0.3) is 0 Å². The molecule has 5 aromatic carbocycles. The molecule has 0 saturated carbocycles. The van der Waals surface area contributed by atoms with Crippen molar-refractivity contribution >= 4 is 5.97 Å². The van der Waals surface area contributed by atoms with Gasteiger partial charge in [0, 0.05) is 0 Å². The molecule has 1 fully saturated rings. The quantitative estimate of drug-likeness (QED) is 0.0794. The smallest absolute Gasteiger partial charge is 0.313 e. The van der Waals surface area contributed by atoms with Crippen molar-refractivity contribution in [1.29, 1.82) is 0 Å². The van der Waals surface area contributed by atoms with E-state index in [0.29, 0.717) is 32.2 Å². The van der Waals surface area contributed by atoms with Gasteiger partial charge in [-0.15, -0.1) is 0 Å². The molecule has 2 unspecified atom stereocenters. The predicted molar refractivity (Wildman–Crippen MR) is 187 cm³/mol. The van der Waals surface area contributed by atoms with Crippen molar-refractivity contribution in [2.24, 2.45) is 0 Å². The fraction of sp³-hybridized carbons (Fsp3) is 0.262. The molecule has 0 bridgehead atoms. The fourth-order valence-electron chi connectivity index (χ4n) is 5.87. The van der Waals surface area contributed by atoms with E-state index in [2.05, 4.69) is 0 Å². The van der Waals surface area contributed by atoms with Gasteiger partial charge in [0.2, 0.25) is 0 Å². The van der Waals surface area contributed by atoms with Gasteiger partial charge in [-0.1, -0.05) is 140 Å². The van der Waals surface area contributed by atoms with Crippen molar-refractivity contribution in [2.75, 3.05) is 6.61 Å². The largest absolute Gasteiger partial charge is 0.426 e. The number of hydrogen-bond acceptors (Lipinski definition) is 7. The minimum atomic E-state index is -0.706. The Balaban J connectivity index is 1.30. The van der Waals surface area contributed by atoms with E-state index in [-0.39, 0.29) is 13.0 Å². The minimum Gasteiger partial charge on any atom is -0.426 e. The van der Waals surface area contributed by atoms with E-state index in [0.717, 1.165) is 22.3 Å². The van der Waals surface area contributed by atoms with Crippen molar-refractivity contribution < 1.29 is 33.2 Å². The molecular weight excluding hydrogens is 616 g/mol. The monoisotopic (exact) mass is 658 g/mol. The molecule has 1 saturated heterocycles. The molecule has 5 atom stereocenters. The van der Waals surface area contributed by atoms with Crippen LogP contribution in [-0.4, -0.2) is 43.1 Å². The summed E-state index contributed by atoms with van der Waals surface area (Å²) in [5.74, 6) is 0.0349. The van der Waals surface area contributed by atoms with Gasteiger partial charge in [-0.3, -0.25) is 4.79 Å². The molecule has 0 spiro atoms. The van der Waals surface area contributed by atoms with Crippen molar-refractivity contribution in [3.8, 4) is 5.75 Å². The third kappa shape index (κ3) is 10.4. The normalized spacial score (nSPS) is 20.4. The van der Waals surface area contributed by atoms with Crippen LogP contribution in [0.15, 0.2) is 152 Å². The van der Waals surface area contributed by atoms with Gasteiger partial charge < -0.3 is 28.4 Å². The number of hydrogen-bond donors (Lipinski definition) is 0. The zero-order chi connectivity index (χ0) is 33.5. The lowest BCUT2D eigenvalue weighted by molar-refractivity contribution is -0.273. The van der Waals surface area contributed by atoms with Crippen LogP contribution >= 0.6 is 0 Å². The highest BCUT2D eigenvalue weighted by Crippen LogP contribution is 2.33. The first kappa shape index (κ1) is 34.2. The average molecular weight is 659 g/mol. The van der Waals surface area contributed by atoms with E-state index in [1.54, 1.807) is 12.1 Å². The summed E-state index contributed by atoms with van der Waals surface area (Å²) in [6.07, 6.45) is -3.19. The van der Waals surface area contributed by atoms with Crippen LogP contribution in [-0.2, 0) is 54.9 Å². The molecule has 0 radical (unpaired) electrons. The Labute approximate surface area is 288 Å². The van der Waals surface area contributed by atoms with E-state index >= 15 is 0 Å². The first-order valence-corrected chi connectivity index (χ1v) is 16.7. The van der Waals surface area contributed by atoms with Gasteiger partial charge in [-0.05, 0) is 34.4 Å². The number of carbonyl (C=O) groups is 1. The van der Waals surface area contributed by atoms with Crippen molar-refractivity contribution in [3.05, 3.63) is 174 Å². The van der Waals surface area contributed by atoms with Gasteiger partial charge in [-0.2, -0.15) is 0 Å². The molecule has 7 heteroatoms. The van der Waals surface area contributed by atoms with E-state index in [4.69, 9.17) is 28.4 Å². The van der Waals surface area contributed by atoms with Gasteiger partial charge in [-0.25, -0.2) is 0 Å². The maximum Gasteiger partial charge on any atom is 0.313 e. The highest BCUT2D eigenvalue weighted by Gasteiger charge is 2.49. The summed E-state index contributed by atoms with van der Waals surface area (Å²) < 4.78 is 38.8. The maximum absolute atomic E-state index is 13.4. The average Bonchev–Trinajstić information content (AvgIpc) is 3.15. The summed E-state index contributed by atoms with van der Waals surface area (Å²) in [6.45, 7) is 1.57. The molecule has 1 heterocycles. The number of ether oxygens (including phenoxy) is 6. The topological polar surface area (TPSA) is 72.5 Å². The third-order valence-corrected chi connectivity index (χ3v) is 8.32. The lowest BCUT2D eigenvalue weighted by Gasteiger charge is -2.46. The highest BCUT2D eigenvalue weighted by molar-refractivity contribution is 5.73. The van der Waals surface area contributed by atoms with Crippen LogP contribution in [0.1, 0.15) is 28.7 Å². The summed E-state index contributed by atoms with van der Waals surface area (Å²) in [4.78, 5) is 13.4. The van der Waals surface area contributed by atoms with Gasteiger partial charge in [0.05, 0.1) is 45.6 Å². The Kier molecular flexibility index (Phi) is 12.7. The van der Waals surface area contributed by atoms with Crippen molar-refractivity contribution in [3.63, 3.8) is 0 Å². The Morgan fingerprint density at radius 1 is 0.469 bits per heavy atom. The summed E-state index contributed by atoms with van der Waals surface area (Å²) in [5.41, 5.74) is 4.06. The summed E-state index contributed by atoms with van der Waals surface area (Å²) in [5, 5.41) is 0. The molecule has 1 aliphatic rings. The molecule has 0 N–H and O–H groups in total. The molecule has 5 aromatic rings. The predicted octanol–water partition coefficient (Wildman–Crippen LogP) is 7.72. The SMILES string of the molecule is O=C(C[C@@H]1OC(COCc2ccccc2)[C@@H](OCc2ccccc2)[C@H](OCc2ccccc2)C1OCc1ccccc1)Oc1ccccc1. The molecule has 49 heavy (non-hydrogen) atoms. The van der Waals surface area contributed by atoms with Crippen molar-refractivity contribution in [2.45, 2.75) is 63.4 Å². The van der Waals surface area contributed by atoms with Gasteiger partial charge >= 0.3 is 5.97 Å². The molecule has 0 aliphatic carbocycles. The second-order valence-corrected chi connectivity index (χ2v) is 12.0. The minimum absolute atomic E-state index is 0.0554. The third-order valence-electron chi connectivity index (χ3n) is 8.32. The van der Waals surface area contributed by atoms with Crippen molar-refractivity contribution in [1.82, 2.24) is 0 Å². The molecule has 1 aliphatic heterocycles. The Morgan fingerprint density at radius 2 is 0.857 bits per heavy atom. The zero-order valence-corrected chi connectivity index (χ0v) is 27.4. The van der Waals surface area contributed by atoms with Crippen LogP contribution in [0.3, 0.4) is 0 Å². The lowest BCUT2D eigenvalue weighted by Crippen LogP contribution is -2.61. The van der Waals surface area contributed by atoms with Crippen LogP contribution in [0.5, 0.6) is 5.75 Å². The molecule has 0 aromatic heterocycles. The van der Waals surface area contributed by atoms with E-state index in [9.17, 15) is 4.79 Å². The number of esters is 1. The first-order valence-electron chi connectivity index (χ1n) is 16.7. The second kappa shape index (κ2) is 18.2. The van der Waals surface area contributed by atoms with E-state index < -0.39 is 36.5 Å². The summed E-state index contributed by atoms with van der Waals surface area (Å²) >= 11 is 0. The van der Waals surface area contributed by atoms with Crippen LogP contribution in [0, 0.1) is 0 Å². The van der Waals surface area contributed by atoms with Crippen LogP contribution in [0.2, 0.25) is 0 Å². The van der Waals surface area contributed by atoms with E-state index in [1.807, 2.05) is 140 Å². The van der Waals surface area contributed by atoms with Crippen LogP contribution in [0.4, 0.5) is 0 Å². The highest BCUT2D eigenvalue weighted by atomic mass is 16.6.